The Morgan fingerprint density at radius 1 is 1.36 bits per heavy atom. The lowest BCUT2D eigenvalue weighted by molar-refractivity contribution is 0.102. The molecule has 116 valence electrons. The molecule has 0 saturated carbocycles. The van der Waals surface area contributed by atoms with Crippen molar-refractivity contribution in [2.75, 3.05) is 36.5 Å². The summed E-state index contributed by atoms with van der Waals surface area (Å²) >= 11 is 1.39. The van der Waals surface area contributed by atoms with Gasteiger partial charge >= 0.3 is 0 Å². The first-order valence-electron chi connectivity index (χ1n) is 7.18. The molecule has 7 nitrogen and oxygen atoms in total. The van der Waals surface area contributed by atoms with E-state index in [0.717, 1.165) is 30.3 Å². The van der Waals surface area contributed by atoms with E-state index < -0.39 is 0 Å². The lowest BCUT2D eigenvalue weighted by Crippen LogP contribution is -2.36. The van der Waals surface area contributed by atoms with E-state index in [1.807, 2.05) is 13.0 Å². The molecule has 22 heavy (non-hydrogen) atoms. The molecule has 3 heterocycles. The third kappa shape index (κ3) is 3.40. The summed E-state index contributed by atoms with van der Waals surface area (Å²) in [5.41, 5.74) is 0.505. The number of hydrogen-bond acceptors (Lipinski definition) is 7. The van der Waals surface area contributed by atoms with Crippen molar-refractivity contribution in [1.29, 1.82) is 0 Å². The largest absolute Gasteiger partial charge is 0.378 e. The molecule has 0 spiro atoms. The van der Waals surface area contributed by atoms with Crippen molar-refractivity contribution in [1.82, 2.24) is 15.2 Å². The Hall–Kier alpha value is -2.06. The van der Waals surface area contributed by atoms with E-state index in [-0.39, 0.29) is 5.91 Å². The molecule has 2 aromatic heterocycles. The van der Waals surface area contributed by atoms with Crippen molar-refractivity contribution < 1.29 is 9.53 Å². The number of hydrogen-bond donors (Lipinski definition) is 1. The van der Waals surface area contributed by atoms with Crippen LogP contribution >= 0.6 is 11.3 Å². The van der Waals surface area contributed by atoms with Crippen LogP contribution in [0, 0.1) is 0 Å². The van der Waals surface area contributed by atoms with Gasteiger partial charge in [0, 0.05) is 19.3 Å². The highest BCUT2D eigenvalue weighted by molar-refractivity contribution is 7.15. The maximum Gasteiger partial charge on any atom is 0.259 e. The standard InChI is InChI=1S/C14H17N5O2S/c1-2-12-17-18-14(22-12)16-13(20)10-3-4-11(15-9-10)19-5-7-21-8-6-19/h3-4,9H,2,5-8H2,1H3,(H,16,18,20). The molecule has 8 heteroatoms. The Morgan fingerprint density at radius 3 is 2.82 bits per heavy atom. The fourth-order valence-corrected chi connectivity index (χ4v) is 2.79. The fraction of sp³-hybridized carbons (Fsp3) is 0.429. The Balaban J connectivity index is 1.65. The van der Waals surface area contributed by atoms with Crippen LogP contribution in [0.4, 0.5) is 10.9 Å². The molecule has 2 aromatic rings. The zero-order valence-electron chi connectivity index (χ0n) is 12.3. The second kappa shape index (κ2) is 6.80. The molecule has 1 aliphatic rings. The number of carbonyl (C=O) groups excluding carboxylic acids is 1. The molecule has 1 N–H and O–H groups in total. The SMILES string of the molecule is CCc1nnc(NC(=O)c2ccc(N3CCOCC3)nc2)s1. The average Bonchev–Trinajstić information content (AvgIpc) is 3.03. The maximum atomic E-state index is 12.2. The summed E-state index contributed by atoms with van der Waals surface area (Å²) in [7, 11) is 0. The Labute approximate surface area is 132 Å². The number of aryl methyl sites for hydroxylation is 1. The van der Waals surface area contributed by atoms with Crippen molar-refractivity contribution in [2.45, 2.75) is 13.3 Å². The Bertz CT molecular complexity index is 637. The highest BCUT2D eigenvalue weighted by Crippen LogP contribution is 2.17. The molecule has 0 radical (unpaired) electrons. The summed E-state index contributed by atoms with van der Waals surface area (Å²) in [6.07, 6.45) is 2.39. The quantitative estimate of drug-likeness (QED) is 0.922. The van der Waals surface area contributed by atoms with Crippen molar-refractivity contribution >= 4 is 28.2 Å². The number of morpholine rings is 1. The first-order valence-corrected chi connectivity index (χ1v) is 8.00. The summed E-state index contributed by atoms with van der Waals surface area (Å²) in [6, 6.07) is 3.63. The minimum Gasteiger partial charge on any atom is -0.378 e. The first kappa shape index (κ1) is 14.9. The van der Waals surface area contributed by atoms with Crippen molar-refractivity contribution in [3.8, 4) is 0 Å². The number of amides is 1. The number of pyridine rings is 1. The van der Waals surface area contributed by atoms with E-state index >= 15 is 0 Å². The smallest absolute Gasteiger partial charge is 0.259 e. The highest BCUT2D eigenvalue weighted by atomic mass is 32.1. The average molecular weight is 319 g/mol. The van der Waals surface area contributed by atoms with Crippen LogP contribution in [-0.4, -0.2) is 47.4 Å². The van der Waals surface area contributed by atoms with E-state index in [2.05, 4.69) is 25.4 Å². The van der Waals surface area contributed by atoms with Gasteiger partial charge in [0.25, 0.3) is 5.91 Å². The van der Waals surface area contributed by atoms with Gasteiger partial charge in [0.2, 0.25) is 5.13 Å². The van der Waals surface area contributed by atoms with Gasteiger partial charge in [-0.15, -0.1) is 10.2 Å². The number of carbonyl (C=O) groups is 1. The molecule has 0 atom stereocenters. The number of anilines is 2. The zero-order valence-corrected chi connectivity index (χ0v) is 13.1. The predicted molar refractivity (Wildman–Crippen MR) is 84.5 cm³/mol. The topological polar surface area (TPSA) is 80.2 Å². The van der Waals surface area contributed by atoms with Gasteiger partial charge in [-0.25, -0.2) is 4.98 Å². The molecule has 1 aliphatic heterocycles. The molecular formula is C14H17N5O2S. The number of aromatic nitrogens is 3. The zero-order chi connectivity index (χ0) is 15.4. The summed E-state index contributed by atoms with van der Waals surface area (Å²) in [4.78, 5) is 18.7. The van der Waals surface area contributed by atoms with Gasteiger partial charge in [-0.2, -0.15) is 0 Å². The van der Waals surface area contributed by atoms with Crippen LogP contribution in [0.5, 0.6) is 0 Å². The van der Waals surface area contributed by atoms with Crippen LogP contribution in [0.25, 0.3) is 0 Å². The van der Waals surface area contributed by atoms with E-state index in [9.17, 15) is 4.79 Å². The van der Waals surface area contributed by atoms with Gasteiger partial charge in [-0.05, 0) is 18.6 Å². The van der Waals surface area contributed by atoms with Crippen molar-refractivity contribution in [3.05, 3.63) is 28.9 Å². The van der Waals surface area contributed by atoms with Gasteiger partial charge < -0.3 is 9.64 Å². The Kier molecular flexibility index (Phi) is 4.59. The van der Waals surface area contributed by atoms with Crippen LogP contribution < -0.4 is 10.2 Å². The highest BCUT2D eigenvalue weighted by Gasteiger charge is 2.14. The lowest BCUT2D eigenvalue weighted by atomic mass is 10.2. The predicted octanol–water partition coefficient (Wildman–Crippen LogP) is 1.58. The lowest BCUT2D eigenvalue weighted by Gasteiger charge is -2.27. The Morgan fingerprint density at radius 2 is 2.18 bits per heavy atom. The van der Waals surface area contributed by atoms with E-state index in [1.165, 1.54) is 11.3 Å². The normalized spacial score (nSPS) is 14.9. The van der Waals surface area contributed by atoms with E-state index in [4.69, 9.17) is 4.74 Å². The van der Waals surface area contributed by atoms with Crippen LogP contribution in [0.3, 0.4) is 0 Å². The summed E-state index contributed by atoms with van der Waals surface area (Å²) < 4.78 is 5.32. The number of rotatable bonds is 4. The van der Waals surface area contributed by atoms with Crippen molar-refractivity contribution in [3.63, 3.8) is 0 Å². The van der Waals surface area contributed by atoms with Gasteiger partial charge in [0.05, 0.1) is 18.8 Å². The second-order valence-electron chi connectivity index (χ2n) is 4.81. The monoisotopic (exact) mass is 319 g/mol. The molecule has 0 unspecified atom stereocenters. The molecular weight excluding hydrogens is 302 g/mol. The van der Waals surface area contributed by atoms with Gasteiger partial charge in [-0.3, -0.25) is 10.1 Å². The first-order chi connectivity index (χ1) is 10.8. The number of nitrogens with one attached hydrogen (secondary N) is 1. The minimum absolute atomic E-state index is 0.222. The molecule has 0 aliphatic carbocycles. The van der Waals surface area contributed by atoms with Gasteiger partial charge in [0.1, 0.15) is 10.8 Å². The molecule has 0 aromatic carbocycles. The van der Waals surface area contributed by atoms with Crippen LogP contribution in [-0.2, 0) is 11.2 Å². The second-order valence-corrected chi connectivity index (χ2v) is 5.88. The number of nitrogens with zero attached hydrogens (tertiary/aromatic N) is 4. The summed E-state index contributed by atoms with van der Waals surface area (Å²) in [5.74, 6) is 0.642. The maximum absolute atomic E-state index is 12.2. The molecule has 1 saturated heterocycles. The third-order valence-electron chi connectivity index (χ3n) is 3.33. The molecule has 3 rings (SSSR count). The van der Waals surface area contributed by atoms with Gasteiger partial charge in [0.15, 0.2) is 0 Å². The van der Waals surface area contributed by atoms with Crippen LogP contribution in [0.2, 0.25) is 0 Å². The van der Waals surface area contributed by atoms with Crippen LogP contribution in [0.1, 0.15) is 22.3 Å². The minimum atomic E-state index is -0.222. The molecule has 1 fully saturated rings. The van der Waals surface area contributed by atoms with Gasteiger partial charge in [-0.1, -0.05) is 18.3 Å². The van der Waals surface area contributed by atoms with Crippen molar-refractivity contribution in [2.24, 2.45) is 0 Å². The fourth-order valence-electron chi connectivity index (χ4n) is 2.12. The molecule has 0 bridgehead atoms. The van der Waals surface area contributed by atoms with E-state index in [0.29, 0.717) is 23.9 Å². The summed E-state index contributed by atoms with van der Waals surface area (Å²) in [6.45, 7) is 5.06. The number of ether oxygens (including phenoxy) is 1. The summed E-state index contributed by atoms with van der Waals surface area (Å²) in [5, 5.41) is 12.1. The van der Waals surface area contributed by atoms with Crippen LogP contribution in [0.15, 0.2) is 18.3 Å². The third-order valence-corrected chi connectivity index (χ3v) is 4.32. The molecule has 1 amide bonds. The van der Waals surface area contributed by atoms with E-state index in [1.54, 1.807) is 12.3 Å².